The summed E-state index contributed by atoms with van der Waals surface area (Å²) in [5, 5.41) is 12.7. The van der Waals surface area contributed by atoms with Gasteiger partial charge in [-0.1, -0.05) is 0 Å². The minimum absolute atomic E-state index is 0.0464. The van der Waals surface area contributed by atoms with Gasteiger partial charge in [0.1, 0.15) is 0 Å². The van der Waals surface area contributed by atoms with E-state index in [4.69, 9.17) is 4.74 Å². The molecule has 1 aliphatic carbocycles. The lowest BCUT2D eigenvalue weighted by atomic mass is 9.58. The third-order valence-electron chi connectivity index (χ3n) is 4.54. The molecule has 2 rings (SSSR count). The van der Waals surface area contributed by atoms with E-state index in [9.17, 15) is 9.90 Å². The molecule has 0 bridgehead atoms. The number of piperidine rings is 1. The topological polar surface area (TPSA) is 61.8 Å². The van der Waals surface area contributed by atoms with E-state index in [2.05, 4.69) is 10.2 Å². The van der Waals surface area contributed by atoms with Crippen molar-refractivity contribution in [1.29, 1.82) is 0 Å². The van der Waals surface area contributed by atoms with Crippen LogP contribution < -0.4 is 5.32 Å². The van der Waals surface area contributed by atoms with Gasteiger partial charge in [-0.15, -0.1) is 0 Å². The Labute approximate surface area is 108 Å². The zero-order valence-electron chi connectivity index (χ0n) is 11.3. The van der Waals surface area contributed by atoms with Gasteiger partial charge >= 0.3 is 0 Å². The van der Waals surface area contributed by atoms with E-state index in [0.717, 1.165) is 32.4 Å². The highest BCUT2D eigenvalue weighted by molar-refractivity contribution is 5.77. The number of likely N-dealkylation sites (N-methyl/N-ethyl adjacent to an activating group) is 1. The second-order valence-electron chi connectivity index (χ2n) is 5.38. The Hall–Kier alpha value is -0.650. The van der Waals surface area contributed by atoms with Gasteiger partial charge in [0, 0.05) is 25.5 Å². The number of carbonyl (C=O) groups is 1. The van der Waals surface area contributed by atoms with Crippen molar-refractivity contribution in [3.63, 3.8) is 0 Å². The molecule has 1 saturated heterocycles. The molecular weight excluding hydrogens is 232 g/mol. The SMILES string of the molecule is CCO[C@H]1C[C@@H](O)C12CCN(CC(=O)NC)CC2. The Morgan fingerprint density at radius 1 is 1.50 bits per heavy atom. The summed E-state index contributed by atoms with van der Waals surface area (Å²) in [4.78, 5) is 13.5. The van der Waals surface area contributed by atoms with E-state index in [1.54, 1.807) is 7.05 Å². The van der Waals surface area contributed by atoms with Crippen LogP contribution in [0.3, 0.4) is 0 Å². The summed E-state index contributed by atoms with van der Waals surface area (Å²) < 4.78 is 5.72. The van der Waals surface area contributed by atoms with E-state index in [1.807, 2.05) is 6.92 Å². The van der Waals surface area contributed by atoms with Crippen LogP contribution in [0.4, 0.5) is 0 Å². The number of rotatable bonds is 4. The van der Waals surface area contributed by atoms with Crippen LogP contribution in [0.2, 0.25) is 0 Å². The smallest absolute Gasteiger partial charge is 0.233 e. The van der Waals surface area contributed by atoms with Crippen LogP contribution in [-0.2, 0) is 9.53 Å². The van der Waals surface area contributed by atoms with Crippen LogP contribution in [0.1, 0.15) is 26.2 Å². The van der Waals surface area contributed by atoms with Crippen LogP contribution in [0, 0.1) is 5.41 Å². The molecule has 2 N–H and O–H groups in total. The Bertz CT molecular complexity index is 299. The predicted octanol–water partition coefficient (Wildman–Crippen LogP) is -0.0157. The maximum absolute atomic E-state index is 11.3. The molecule has 1 aliphatic heterocycles. The zero-order valence-corrected chi connectivity index (χ0v) is 11.3. The summed E-state index contributed by atoms with van der Waals surface area (Å²) in [5.74, 6) is 0.0569. The molecule has 2 atom stereocenters. The number of aliphatic hydroxyl groups excluding tert-OH is 1. The molecule has 0 radical (unpaired) electrons. The normalized spacial score (nSPS) is 31.1. The minimum Gasteiger partial charge on any atom is -0.392 e. The first kappa shape index (κ1) is 13.8. The molecular formula is C13H24N2O3. The first-order chi connectivity index (χ1) is 8.62. The molecule has 5 heteroatoms. The molecule has 104 valence electrons. The summed E-state index contributed by atoms with van der Waals surface area (Å²) in [6.45, 7) is 4.91. The number of amides is 1. The maximum Gasteiger partial charge on any atom is 0.233 e. The van der Waals surface area contributed by atoms with E-state index >= 15 is 0 Å². The average molecular weight is 256 g/mol. The van der Waals surface area contributed by atoms with Crippen molar-refractivity contribution in [2.45, 2.75) is 38.4 Å². The largest absolute Gasteiger partial charge is 0.392 e. The van der Waals surface area contributed by atoms with E-state index in [1.165, 1.54) is 0 Å². The van der Waals surface area contributed by atoms with Gasteiger partial charge in [0.25, 0.3) is 0 Å². The van der Waals surface area contributed by atoms with Gasteiger partial charge < -0.3 is 15.2 Å². The van der Waals surface area contributed by atoms with Crippen molar-refractivity contribution in [2.24, 2.45) is 5.41 Å². The highest BCUT2D eigenvalue weighted by Gasteiger charge is 2.55. The number of likely N-dealkylation sites (tertiary alicyclic amines) is 1. The van der Waals surface area contributed by atoms with Gasteiger partial charge in [0.05, 0.1) is 18.8 Å². The molecule has 2 aliphatic rings. The Morgan fingerprint density at radius 2 is 2.17 bits per heavy atom. The molecule has 1 amide bonds. The first-order valence-electron chi connectivity index (χ1n) is 6.85. The first-order valence-corrected chi connectivity index (χ1v) is 6.85. The number of carbonyl (C=O) groups excluding carboxylic acids is 1. The number of aliphatic hydroxyl groups is 1. The summed E-state index contributed by atoms with van der Waals surface area (Å²) in [6, 6.07) is 0. The molecule has 5 nitrogen and oxygen atoms in total. The van der Waals surface area contributed by atoms with Gasteiger partial charge in [-0.2, -0.15) is 0 Å². The van der Waals surface area contributed by atoms with Crippen molar-refractivity contribution in [1.82, 2.24) is 10.2 Å². The Kier molecular flexibility index (Phi) is 4.25. The monoisotopic (exact) mass is 256 g/mol. The van der Waals surface area contributed by atoms with Gasteiger partial charge in [-0.3, -0.25) is 9.69 Å². The van der Waals surface area contributed by atoms with Crippen LogP contribution >= 0.6 is 0 Å². The Morgan fingerprint density at radius 3 is 2.67 bits per heavy atom. The fourth-order valence-electron chi connectivity index (χ4n) is 3.23. The van der Waals surface area contributed by atoms with Crippen LogP contribution in [0.25, 0.3) is 0 Å². The molecule has 18 heavy (non-hydrogen) atoms. The van der Waals surface area contributed by atoms with Crippen molar-refractivity contribution >= 4 is 5.91 Å². The van der Waals surface area contributed by atoms with Crippen LogP contribution in [0.15, 0.2) is 0 Å². The van der Waals surface area contributed by atoms with Crippen molar-refractivity contribution in [2.75, 3.05) is 33.3 Å². The standard InChI is InChI=1S/C13H24N2O3/c1-3-18-11-8-10(16)13(11)4-6-15(7-5-13)9-12(17)14-2/h10-11,16H,3-9H2,1-2H3,(H,14,17)/t10-,11+/m1/s1. The van der Waals surface area contributed by atoms with Gasteiger partial charge in [-0.25, -0.2) is 0 Å². The van der Waals surface area contributed by atoms with E-state index in [-0.39, 0.29) is 23.5 Å². The molecule has 1 heterocycles. The van der Waals surface area contributed by atoms with Gasteiger partial charge in [0.2, 0.25) is 5.91 Å². The highest BCUT2D eigenvalue weighted by atomic mass is 16.5. The van der Waals surface area contributed by atoms with Crippen molar-refractivity contribution < 1.29 is 14.6 Å². The second-order valence-corrected chi connectivity index (χ2v) is 5.38. The fourth-order valence-corrected chi connectivity index (χ4v) is 3.23. The van der Waals surface area contributed by atoms with Crippen molar-refractivity contribution in [3.05, 3.63) is 0 Å². The van der Waals surface area contributed by atoms with E-state index in [0.29, 0.717) is 13.2 Å². The summed E-state index contributed by atoms with van der Waals surface area (Å²) in [7, 11) is 1.66. The number of hydrogen-bond acceptors (Lipinski definition) is 4. The second kappa shape index (κ2) is 5.55. The predicted molar refractivity (Wildman–Crippen MR) is 68.2 cm³/mol. The molecule has 1 saturated carbocycles. The molecule has 1 spiro atoms. The third-order valence-corrected chi connectivity index (χ3v) is 4.54. The van der Waals surface area contributed by atoms with Gasteiger partial charge in [-0.05, 0) is 32.9 Å². The average Bonchev–Trinajstić information content (AvgIpc) is 2.39. The van der Waals surface area contributed by atoms with Gasteiger partial charge in [0.15, 0.2) is 0 Å². The summed E-state index contributed by atoms with van der Waals surface area (Å²) >= 11 is 0. The van der Waals surface area contributed by atoms with Crippen LogP contribution in [-0.4, -0.2) is 61.4 Å². The van der Waals surface area contributed by atoms with Crippen molar-refractivity contribution in [3.8, 4) is 0 Å². The molecule has 0 aromatic rings. The summed E-state index contributed by atoms with van der Waals surface area (Å²) in [5.41, 5.74) is -0.0464. The fraction of sp³-hybridized carbons (Fsp3) is 0.923. The number of ether oxygens (including phenoxy) is 1. The van der Waals surface area contributed by atoms with E-state index < -0.39 is 0 Å². The molecule has 0 aromatic carbocycles. The molecule has 0 unspecified atom stereocenters. The number of nitrogens with zero attached hydrogens (tertiary/aromatic N) is 1. The molecule has 2 fully saturated rings. The third kappa shape index (κ3) is 2.39. The quantitative estimate of drug-likeness (QED) is 0.742. The lowest BCUT2D eigenvalue weighted by Crippen LogP contribution is -2.62. The Balaban J connectivity index is 1.86. The lowest BCUT2D eigenvalue weighted by molar-refractivity contribution is -0.209. The van der Waals surface area contributed by atoms with Crippen LogP contribution in [0.5, 0.6) is 0 Å². The zero-order chi connectivity index (χ0) is 13.2. The lowest BCUT2D eigenvalue weighted by Gasteiger charge is -2.56. The maximum atomic E-state index is 11.3. The summed E-state index contributed by atoms with van der Waals surface area (Å²) in [6.07, 6.45) is 2.60. The number of nitrogens with one attached hydrogen (secondary N) is 1. The highest BCUT2D eigenvalue weighted by Crippen LogP contribution is 2.50. The minimum atomic E-state index is -0.226. The number of hydrogen-bond donors (Lipinski definition) is 2. The molecule has 0 aromatic heterocycles.